The van der Waals surface area contributed by atoms with Gasteiger partial charge in [-0.3, -0.25) is 0 Å². The van der Waals surface area contributed by atoms with Gasteiger partial charge in [-0.15, -0.1) is 0 Å². The van der Waals surface area contributed by atoms with Crippen molar-refractivity contribution >= 4 is 40.1 Å². The van der Waals surface area contributed by atoms with Crippen molar-refractivity contribution in [3.63, 3.8) is 0 Å². The number of fused-ring (bicyclic) bond motifs is 1. The van der Waals surface area contributed by atoms with E-state index in [0.717, 1.165) is 15.7 Å². The van der Waals surface area contributed by atoms with E-state index in [4.69, 9.17) is 21.5 Å². The number of halogens is 1. The number of hydrogen-bond donors (Lipinski definition) is 1. The SMILES string of the molecule is Nc1c(OSc2ccc(Cl)cc2)ccc2ccccc12. The lowest BCUT2D eigenvalue weighted by Crippen LogP contribution is -1.92. The van der Waals surface area contributed by atoms with Gasteiger partial charge in [0.2, 0.25) is 0 Å². The van der Waals surface area contributed by atoms with Crippen LogP contribution in [-0.2, 0) is 0 Å². The van der Waals surface area contributed by atoms with Gasteiger partial charge in [0.25, 0.3) is 0 Å². The zero-order valence-electron chi connectivity index (χ0n) is 10.5. The van der Waals surface area contributed by atoms with Crippen molar-refractivity contribution in [1.82, 2.24) is 0 Å². The van der Waals surface area contributed by atoms with Crippen molar-refractivity contribution in [1.29, 1.82) is 0 Å². The number of nitrogens with two attached hydrogens (primary N) is 1. The summed E-state index contributed by atoms with van der Waals surface area (Å²) in [6, 6.07) is 19.3. The van der Waals surface area contributed by atoms with Gasteiger partial charge in [0.1, 0.15) is 0 Å². The quantitative estimate of drug-likeness (QED) is 0.536. The summed E-state index contributed by atoms with van der Waals surface area (Å²) in [5, 5.41) is 2.81. The highest BCUT2D eigenvalue weighted by molar-refractivity contribution is 7.95. The van der Waals surface area contributed by atoms with Crippen LogP contribution in [0.5, 0.6) is 5.75 Å². The van der Waals surface area contributed by atoms with Crippen LogP contribution < -0.4 is 9.92 Å². The molecule has 0 bridgehead atoms. The lowest BCUT2D eigenvalue weighted by atomic mass is 10.1. The normalized spacial score (nSPS) is 10.7. The van der Waals surface area contributed by atoms with E-state index >= 15 is 0 Å². The van der Waals surface area contributed by atoms with Crippen LogP contribution in [0, 0.1) is 0 Å². The Kier molecular flexibility index (Phi) is 3.72. The molecule has 3 aromatic carbocycles. The maximum Gasteiger partial charge on any atom is 0.161 e. The van der Waals surface area contributed by atoms with Gasteiger partial charge in [-0.25, -0.2) is 0 Å². The molecule has 0 atom stereocenters. The molecule has 2 N–H and O–H groups in total. The van der Waals surface area contributed by atoms with Crippen LogP contribution in [0.25, 0.3) is 10.8 Å². The molecule has 3 rings (SSSR count). The average Bonchev–Trinajstić information content (AvgIpc) is 2.49. The van der Waals surface area contributed by atoms with Crippen LogP contribution in [0.3, 0.4) is 0 Å². The number of hydrogen-bond acceptors (Lipinski definition) is 3. The number of rotatable bonds is 3. The van der Waals surface area contributed by atoms with E-state index in [0.29, 0.717) is 16.5 Å². The summed E-state index contributed by atoms with van der Waals surface area (Å²) < 4.78 is 5.72. The molecule has 0 aliphatic rings. The number of nitrogen functional groups attached to an aromatic ring is 1. The topological polar surface area (TPSA) is 35.2 Å². The Labute approximate surface area is 126 Å². The average molecular weight is 302 g/mol. The highest BCUT2D eigenvalue weighted by atomic mass is 35.5. The molecule has 100 valence electrons. The number of benzene rings is 3. The third-order valence-corrected chi connectivity index (χ3v) is 3.95. The first-order valence-corrected chi connectivity index (χ1v) is 7.23. The standard InChI is InChI=1S/C16H12ClNOS/c17-12-6-8-13(9-7-12)20-19-15-10-5-11-3-1-2-4-14(11)16(15)18/h1-10H,18H2. The Morgan fingerprint density at radius 3 is 2.45 bits per heavy atom. The predicted octanol–water partition coefficient (Wildman–Crippen LogP) is 5.16. The summed E-state index contributed by atoms with van der Waals surface area (Å²) in [6.07, 6.45) is 0. The minimum Gasteiger partial charge on any atom is -0.418 e. The van der Waals surface area contributed by atoms with Gasteiger partial charge < -0.3 is 9.92 Å². The molecule has 0 fully saturated rings. The van der Waals surface area contributed by atoms with Gasteiger partial charge in [0.05, 0.1) is 17.7 Å². The second kappa shape index (κ2) is 5.65. The molecule has 0 amide bonds. The van der Waals surface area contributed by atoms with E-state index < -0.39 is 0 Å². The molecule has 0 heterocycles. The Hall–Kier alpha value is -1.84. The molecule has 20 heavy (non-hydrogen) atoms. The van der Waals surface area contributed by atoms with Gasteiger partial charge in [0.15, 0.2) is 5.75 Å². The molecule has 0 saturated heterocycles. The molecule has 4 heteroatoms. The fourth-order valence-electron chi connectivity index (χ4n) is 1.93. The van der Waals surface area contributed by atoms with Gasteiger partial charge in [0, 0.05) is 15.3 Å². The first-order valence-electron chi connectivity index (χ1n) is 6.11. The maximum atomic E-state index is 6.15. The van der Waals surface area contributed by atoms with E-state index in [-0.39, 0.29) is 0 Å². The first-order chi connectivity index (χ1) is 9.74. The molecule has 0 spiro atoms. The largest absolute Gasteiger partial charge is 0.418 e. The Bertz CT molecular complexity index is 743. The minimum atomic E-state index is 0.657. The van der Waals surface area contributed by atoms with E-state index in [2.05, 4.69) is 0 Å². The van der Waals surface area contributed by atoms with Crippen LogP contribution in [-0.4, -0.2) is 0 Å². The van der Waals surface area contributed by atoms with Crippen molar-refractivity contribution < 1.29 is 4.18 Å². The van der Waals surface area contributed by atoms with E-state index in [9.17, 15) is 0 Å². The molecule has 0 unspecified atom stereocenters. The lowest BCUT2D eigenvalue weighted by Gasteiger charge is -2.09. The predicted molar refractivity (Wildman–Crippen MR) is 86.3 cm³/mol. The minimum absolute atomic E-state index is 0.657. The molecule has 3 aromatic rings. The van der Waals surface area contributed by atoms with Gasteiger partial charge in [-0.2, -0.15) is 0 Å². The highest BCUT2D eigenvalue weighted by Crippen LogP contribution is 2.34. The molecule has 0 saturated carbocycles. The van der Waals surface area contributed by atoms with E-state index in [1.807, 2.05) is 60.7 Å². The fraction of sp³-hybridized carbons (Fsp3) is 0. The Morgan fingerprint density at radius 1 is 0.900 bits per heavy atom. The summed E-state index contributed by atoms with van der Waals surface area (Å²) in [5.74, 6) is 0.670. The van der Waals surface area contributed by atoms with Gasteiger partial charge in [-0.05, 0) is 35.7 Å². The second-order valence-electron chi connectivity index (χ2n) is 4.32. The fourth-order valence-corrected chi connectivity index (χ4v) is 2.64. The van der Waals surface area contributed by atoms with Crippen LogP contribution >= 0.6 is 23.6 Å². The van der Waals surface area contributed by atoms with Crippen LogP contribution in [0.15, 0.2) is 65.6 Å². The van der Waals surface area contributed by atoms with Crippen molar-refractivity contribution in [2.24, 2.45) is 0 Å². The molecule has 0 radical (unpaired) electrons. The molecular weight excluding hydrogens is 290 g/mol. The van der Waals surface area contributed by atoms with Crippen molar-refractivity contribution in [2.75, 3.05) is 5.73 Å². The summed E-state index contributed by atoms with van der Waals surface area (Å²) >= 11 is 7.12. The van der Waals surface area contributed by atoms with Gasteiger partial charge in [-0.1, -0.05) is 41.9 Å². The Balaban J connectivity index is 1.84. The zero-order chi connectivity index (χ0) is 13.9. The third kappa shape index (κ3) is 2.69. The third-order valence-electron chi connectivity index (χ3n) is 2.97. The van der Waals surface area contributed by atoms with E-state index in [1.54, 1.807) is 0 Å². The van der Waals surface area contributed by atoms with Crippen LogP contribution in [0.4, 0.5) is 5.69 Å². The Morgan fingerprint density at radius 2 is 1.65 bits per heavy atom. The molecular formula is C16H12ClNOS. The zero-order valence-corrected chi connectivity index (χ0v) is 12.1. The monoisotopic (exact) mass is 301 g/mol. The van der Waals surface area contributed by atoms with Crippen molar-refractivity contribution in [3.05, 3.63) is 65.7 Å². The van der Waals surface area contributed by atoms with Crippen molar-refractivity contribution in [3.8, 4) is 5.75 Å². The molecule has 0 aromatic heterocycles. The number of anilines is 1. The summed E-state index contributed by atoms with van der Waals surface area (Å²) in [5.41, 5.74) is 6.80. The lowest BCUT2D eigenvalue weighted by molar-refractivity contribution is 0.650. The molecule has 0 aliphatic heterocycles. The smallest absolute Gasteiger partial charge is 0.161 e. The van der Waals surface area contributed by atoms with Crippen LogP contribution in [0.1, 0.15) is 0 Å². The highest BCUT2D eigenvalue weighted by Gasteiger charge is 2.06. The maximum absolute atomic E-state index is 6.15. The molecule has 0 aliphatic carbocycles. The summed E-state index contributed by atoms with van der Waals surface area (Å²) in [7, 11) is 0. The summed E-state index contributed by atoms with van der Waals surface area (Å²) in [4.78, 5) is 0.974. The van der Waals surface area contributed by atoms with E-state index in [1.165, 1.54) is 12.0 Å². The van der Waals surface area contributed by atoms with Crippen molar-refractivity contribution in [2.45, 2.75) is 4.90 Å². The van der Waals surface area contributed by atoms with Crippen LogP contribution in [0.2, 0.25) is 5.02 Å². The second-order valence-corrected chi connectivity index (χ2v) is 5.56. The molecule has 2 nitrogen and oxygen atoms in total. The van der Waals surface area contributed by atoms with Gasteiger partial charge >= 0.3 is 0 Å². The summed E-state index contributed by atoms with van der Waals surface area (Å²) in [6.45, 7) is 0. The first kappa shape index (κ1) is 13.2.